The molecule has 6 heteroatoms. The summed E-state index contributed by atoms with van der Waals surface area (Å²) in [6, 6.07) is -0.629. The zero-order valence-electron chi connectivity index (χ0n) is 53.6. The van der Waals surface area contributed by atoms with Crippen LogP contribution < -0.4 is 5.32 Å². The third-order valence-corrected chi connectivity index (χ3v) is 17.0. The molecule has 2 atom stereocenters. The Morgan fingerprint density at radius 1 is 0.342 bits per heavy atom. The Labute approximate surface area is 494 Å². The number of carbonyl (C=O) groups excluding carboxylic acids is 2. The van der Waals surface area contributed by atoms with Gasteiger partial charge in [-0.05, 0) is 57.8 Å². The molecule has 79 heavy (non-hydrogen) atoms. The van der Waals surface area contributed by atoms with E-state index in [1.807, 2.05) is 6.08 Å². The van der Waals surface area contributed by atoms with Gasteiger partial charge in [-0.15, -0.1) is 0 Å². The first-order chi connectivity index (χ1) is 39.0. The lowest BCUT2D eigenvalue weighted by atomic mass is 10.0. The fourth-order valence-electron chi connectivity index (χ4n) is 11.5. The van der Waals surface area contributed by atoms with Crippen LogP contribution in [0.4, 0.5) is 0 Å². The molecule has 0 aliphatic rings. The molecular weight excluding hydrogens is 971 g/mol. The normalized spacial score (nSPS) is 12.6. The molecule has 0 rings (SSSR count). The summed E-state index contributed by atoms with van der Waals surface area (Å²) in [5, 5.41) is 23.3. The van der Waals surface area contributed by atoms with Crippen LogP contribution in [0.3, 0.4) is 0 Å². The van der Waals surface area contributed by atoms with Crippen molar-refractivity contribution in [1.82, 2.24) is 5.32 Å². The fraction of sp³-hybridized carbons (Fsp3) is 0.918. The van der Waals surface area contributed by atoms with Gasteiger partial charge in [-0.25, -0.2) is 0 Å². The summed E-state index contributed by atoms with van der Waals surface area (Å²) in [6.07, 6.45) is 86.8. The largest absolute Gasteiger partial charge is 0.466 e. The monoisotopic (exact) mass is 1110 g/mol. The predicted octanol–water partition coefficient (Wildman–Crippen LogP) is 23.3. The van der Waals surface area contributed by atoms with Crippen molar-refractivity contribution in [1.29, 1.82) is 0 Å². The van der Waals surface area contributed by atoms with Crippen LogP contribution in [0.15, 0.2) is 24.3 Å². The zero-order valence-corrected chi connectivity index (χ0v) is 53.6. The molecule has 0 aromatic carbocycles. The van der Waals surface area contributed by atoms with Gasteiger partial charge in [0.2, 0.25) is 5.91 Å². The first kappa shape index (κ1) is 77.3. The molecular formula is C73H141NO5. The van der Waals surface area contributed by atoms with Crippen LogP contribution in [0.2, 0.25) is 0 Å². The number of rotatable bonds is 68. The molecule has 1 amide bonds. The summed E-state index contributed by atoms with van der Waals surface area (Å²) in [4.78, 5) is 24.6. The third kappa shape index (κ3) is 65.4. The van der Waals surface area contributed by atoms with Crippen molar-refractivity contribution in [2.45, 2.75) is 418 Å². The summed E-state index contributed by atoms with van der Waals surface area (Å²) in [6.45, 7) is 4.94. The van der Waals surface area contributed by atoms with Crippen LogP contribution in [0.25, 0.3) is 0 Å². The molecule has 0 aliphatic carbocycles. The minimum absolute atomic E-state index is 0.0104. The number of esters is 1. The molecule has 0 radical (unpaired) electrons. The minimum Gasteiger partial charge on any atom is -0.466 e. The van der Waals surface area contributed by atoms with Gasteiger partial charge < -0.3 is 20.3 Å². The van der Waals surface area contributed by atoms with E-state index in [1.54, 1.807) is 6.08 Å². The second kappa shape index (κ2) is 68.8. The van der Waals surface area contributed by atoms with Crippen molar-refractivity contribution < 1.29 is 24.5 Å². The molecule has 2 unspecified atom stereocenters. The third-order valence-electron chi connectivity index (χ3n) is 17.0. The standard InChI is InChI=1S/C73H141NO5/c1-3-5-7-9-11-13-15-17-19-21-22-23-24-27-30-34-37-41-45-49-53-57-61-65-71(76)70(69-75)74-72(77)66-62-58-54-50-46-42-38-35-31-28-25-26-29-32-36-40-44-48-52-56-60-64-68-79-73(78)67-63-59-55-51-47-43-39-33-20-18-16-14-12-10-8-6-4-2/h18,20,61,65,70-71,75-76H,3-17,19,21-60,62-64,66-69H2,1-2H3,(H,74,77)/b20-18-,65-61+. The molecule has 0 heterocycles. The van der Waals surface area contributed by atoms with Gasteiger partial charge in [0.15, 0.2) is 0 Å². The SMILES string of the molecule is CCCCCCCC/C=C\CCCCCCCCCC(=O)OCCCCCCCCCCCCCCCCCCCCCCCCC(=O)NC(CO)C(O)/C=C/CCCCCCCCCCCCCCCCCCCCCCC. The Morgan fingerprint density at radius 2 is 0.595 bits per heavy atom. The van der Waals surface area contributed by atoms with Crippen LogP contribution in [-0.2, 0) is 14.3 Å². The fourth-order valence-corrected chi connectivity index (χ4v) is 11.5. The molecule has 0 spiro atoms. The van der Waals surface area contributed by atoms with Gasteiger partial charge in [-0.1, -0.05) is 359 Å². The van der Waals surface area contributed by atoms with E-state index in [0.717, 1.165) is 44.9 Å². The van der Waals surface area contributed by atoms with Crippen LogP contribution in [0.5, 0.6) is 0 Å². The van der Waals surface area contributed by atoms with Gasteiger partial charge in [0.05, 0.1) is 25.4 Å². The molecule has 0 saturated carbocycles. The van der Waals surface area contributed by atoms with Crippen molar-refractivity contribution in [3.8, 4) is 0 Å². The van der Waals surface area contributed by atoms with Crippen molar-refractivity contribution in [2.75, 3.05) is 13.2 Å². The topological polar surface area (TPSA) is 95.9 Å². The summed E-state index contributed by atoms with van der Waals surface area (Å²) < 4.78 is 5.50. The number of unbranched alkanes of at least 4 members (excludes halogenated alkanes) is 55. The van der Waals surface area contributed by atoms with E-state index in [0.29, 0.717) is 19.4 Å². The Morgan fingerprint density at radius 3 is 0.899 bits per heavy atom. The summed E-state index contributed by atoms with van der Waals surface area (Å²) in [7, 11) is 0. The average molecular weight is 1110 g/mol. The van der Waals surface area contributed by atoms with Gasteiger partial charge in [-0.2, -0.15) is 0 Å². The minimum atomic E-state index is -0.846. The smallest absolute Gasteiger partial charge is 0.305 e. The highest BCUT2D eigenvalue weighted by Crippen LogP contribution is 2.19. The molecule has 468 valence electrons. The van der Waals surface area contributed by atoms with Gasteiger partial charge in [0.1, 0.15) is 0 Å². The molecule has 0 fully saturated rings. The lowest BCUT2D eigenvalue weighted by molar-refractivity contribution is -0.143. The van der Waals surface area contributed by atoms with Crippen molar-refractivity contribution >= 4 is 11.9 Å². The maximum absolute atomic E-state index is 12.5. The van der Waals surface area contributed by atoms with Gasteiger partial charge >= 0.3 is 5.97 Å². The summed E-state index contributed by atoms with van der Waals surface area (Å²) >= 11 is 0. The van der Waals surface area contributed by atoms with Gasteiger partial charge in [0, 0.05) is 12.8 Å². The highest BCUT2D eigenvalue weighted by molar-refractivity contribution is 5.76. The summed E-state index contributed by atoms with van der Waals surface area (Å²) in [5.74, 6) is -0.0533. The lowest BCUT2D eigenvalue weighted by Crippen LogP contribution is -2.45. The molecule has 0 aromatic rings. The van der Waals surface area contributed by atoms with Crippen LogP contribution in [0, 0.1) is 0 Å². The molecule has 0 saturated heterocycles. The second-order valence-electron chi connectivity index (χ2n) is 24.9. The van der Waals surface area contributed by atoms with E-state index in [1.165, 1.54) is 334 Å². The Bertz CT molecular complexity index is 1230. The maximum Gasteiger partial charge on any atom is 0.305 e. The number of ether oxygens (including phenoxy) is 1. The van der Waals surface area contributed by atoms with Crippen LogP contribution in [-0.4, -0.2) is 47.4 Å². The number of amides is 1. The van der Waals surface area contributed by atoms with Crippen molar-refractivity contribution in [2.24, 2.45) is 0 Å². The number of aliphatic hydroxyl groups excluding tert-OH is 2. The van der Waals surface area contributed by atoms with Crippen LogP contribution >= 0.6 is 0 Å². The Balaban J connectivity index is 3.40. The van der Waals surface area contributed by atoms with E-state index in [-0.39, 0.29) is 18.5 Å². The first-order valence-corrected chi connectivity index (χ1v) is 36.1. The number of nitrogens with one attached hydrogen (secondary N) is 1. The molecule has 0 aromatic heterocycles. The molecule has 3 N–H and O–H groups in total. The van der Waals surface area contributed by atoms with E-state index >= 15 is 0 Å². The molecule has 6 nitrogen and oxygen atoms in total. The first-order valence-electron chi connectivity index (χ1n) is 36.1. The Kier molecular flexibility index (Phi) is 67.4. The van der Waals surface area contributed by atoms with E-state index in [4.69, 9.17) is 4.74 Å². The highest BCUT2D eigenvalue weighted by Gasteiger charge is 2.18. The molecule has 0 bridgehead atoms. The van der Waals surface area contributed by atoms with Crippen molar-refractivity contribution in [3.63, 3.8) is 0 Å². The Hall–Kier alpha value is -1.66. The van der Waals surface area contributed by atoms with E-state index in [9.17, 15) is 19.8 Å². The zero-order chi connectivity index (χ0) is 57.1. The average Bonchev–Trinajstić information content (AvgIpc) is 3.45. The quantitative estimate of drug-likeness (QED) is 0.0320. The van der Waals surface area contributed by atoms with Crippen LogP contribution in [0.1, 0.15) is 406 Å². The number of aliphatic hydroxyl groups is 2. The predicted molar refractivity (Wildman–Crippen MR) is 347 cm³/mol. The number of hydrogen-bond acceptors (Lipinski definition) is 5. The van der Waals surface area contributed by atoms with Crippen molar-refractivity contribution in [3.05, 3.63) is 24.3 Å². The number of carbonyl (C=O) groups is 2. The van der Waals surface area contributed by atoms with Gasteiger partial charge in [-0.3, -0.25) is 9.59 Å². The van der Waals surface area contributed by atoms with Gasteiger partial charge in [0.25, 0.3) is 0 Å². The second-order valence-corrected chi connectivity index (χ2v) is 24.9. The highest BCUT2D eigenvalue weighted by atomic mass is 16.5. The number of allylic oxidation sites excluding steroid dienone is 3. The summed E-state index contributed by atoms with van der Waals surface area (Å²) in [5.41, 5.74) is 0. The van der Waals surface area contributed by atoms with E-state index < -0.39 is 12.1 Å². The number of hydrogen-bond donors (Lipinski definition) is 3. The molecule has 0 aliphatic heterocycles. The lowest BCUT2D eigenvalue weighted by Gasteiger charge is -2.20. The maximum atomic E-state index is 12.5. The van der Waals surface area contributed by atoms with E-state index in [2.05, 4.69) is 31.3 Å².